The van der Waals surface area contributed by atoms with Crippen LogP contribution in [0.5, 0.6) is 0 Å². The highest BCUT2D eigenvalue weighted by atomic mass is 19.4. The normalized spacial score (nSPS) is 14.7. The molecule has 0 heterocycles. The van der Waals surface area contributed by atoms with Crippen molar-refractivity contribution in [2.75, 3.05) is 0 Å². The van der Waals surface area contributed by atoms with Crippen molar-refractivity contribution in [2.24, 2.45) is 11.3 Å². The SMILES string of the molecule is CC(=O)[C@@H](Cc1ccc(C(F)(F)F)cc1)OC(=O)[C@@H](C)CC(C)(C)C. The lowest BCUT2D eigenvalue weighted by Crippen LogP contribution is -2.31. The number of rotatable bonds is 6. The zero-order chi connectivity index (χ0) is 19.4. The summed E-state index contributed by atoms with van der Waals surface area (Å²) in [4.78, 5) is 23.9. The van der Waals surface area contributed by atoms with Crippen molar-refractivity contribution in [1.82, 2.24) is 0 Å². The van der Waals surface area contributed by atoms with E-state index in [2.05, 4.69) is 0 Å². The number of ketones is 1. The first-order valence-electron chi connectivity index (χ1n) is 8.16. The Bertz CT molecular complexity index is 598. The Morgan fingerprint density at radius 2 is 1.60 bits per heavy atom. The molecule has 0 aliphatic carbocycles. The number of halogens is 3. The van der Waals surface area contributed by atoms with Crippen molar-refractivity contribution in [3.63, 3.8) is 0 Å². The van der Waals surface area contributed by atoms with E-state index in [9.17, 15) is 22.8 Å². The van der Waals surface area contributed by atoms with E-state index in [1.54, 1.807) is 6.92 Å². The third-order valence-corrected chi connectivity index (χ3v) is 3.74. The highest BCUT2D eigenvalue weighted by molar-refractivity contribution is 5.84. The molecule has 3 nitrogen and oxygen atoms in total. The van der Waals surface area contributed by atoms with Crippen LogP contribution < -0.4 is 0 Å². The summed E-state index contributed by atoms with van der Waals surface area (Å²) in [5.74, 6) is -1.17. The molecule has 1 rings (SSSR count). The molecule has 0 aromatic heterocycles. The Hall–Kier alpha value is -1.85. The van der Waals surface area contributed by atoms with Gasteiger partial charge < -0.3 is 4.74 Å². The van der Waals surface area contributed by atoms with Gasteiger partial charge in [0.1, 0.15) is 0 Å². The van der Waals surface area contributed by atoms with E-state index in [4.69, 9.17) is 4.74 Å². The van der Waals surface area contributed by atoms with Gasteiger partial charge in [-0.1, -0.05) is 39.8 Å². The molecule has 0 radical (unpaired) electrons. The fourth-order valence-corrected chi connectivity index (χ4v) is 2.57. The van der Waals surface area contributed by atoms with E-state index < -0.39 is 23.8 Å². The van der Waals surface area contributed by atoms with Crippen molar-refractivity contribution in [1.29, 1.82) is 0 Å². The standard InChI is InChI=1S/C19H25F3O3/c1-12(11-18(3,4)5)17(24)25-16(13(2)23)10-14-6-8-15(9-7-14)19(20,21)22/h6-9,12,16H,10-11H2,1-5H3/t12-,16+/m0/s1. The van der Waals surface area contributed by atoms with Crippen LogP contribution in [0.2, 0.25) is 0 Å². The van der Waals surface area contributed by atoms with Crippen molar-refractivity contribution < 1.29 is 27.5 Å². The van der Waals surface area contributed by atoms with Gasteiger partial charge in [0.15, 0.2) is 11.9 Å². The highest BCUT2D eigenvalue weighted by Crippen LogP contribution is 2.29. The number of Topliss-reactive ketones (excluding diaryl/α,β-unsaturated/α-hetero) is 1. The molecule has 1 aromatic carbocycles. The van der Waals surface area contributed by atoms with E-state index in [0.717, 1.165) is 12.1 Å². The Kier molecular flexibility index (Phi) is 6.80. The van der Waals surface area contributed by atoms with Gasteiger partial charge in [0.2, 0.25) is 0 Å². The number of hydrogen-bond donors (Lipinski definition) is 0. The number of alkyl halides is 3. The second-order valence-corrected chi connectivity index (χ2v) is 7.60. The largest absolute Gasteiger partial charge is 0.454 e. The van der Waals surface area contributed by atoms with Gasteiger partial charge in [0, 0.05) is 6.42 Å². The molecule has 0 unspecified atom stereocenters. The summed E-state index contributed by atoms with van der Waals surface area (Å²) in [6.45, 7) is 9.05. The maximum absolute atomic E-state index is 12.6. The topological polar surface area (TPSA) is 43.4 Å². The third kappa shape index (κ3) is 7.28. The molecule has 0 aliphatic heterocycles. The van der Waals surface area contributed by atoms with Crippen LogP contribution in [0.25, 0.3) is 0 Å². The molecule has 2 atom stereocenters. The van der Waals surface area contributed by atoms with Crippen LogP contribution in [-0.4, -0.2) is 17.9 Å². The molecule has 0 fully saturated rings. The maximum atomic E-state index is 12.6. The molecule has 0 N–H and O–H groups in total. The summed E-state index contributed by atoms with van der Waals surface area (Å²) in [6, 6.07) is 4.50. The Labute approximate surface area is 146 Å². The molecule has 0 bridgehead atoms. The van der Waals surface area contributed by atoms with Gasteiger partial charge in [-0.3, -0.25) is 9.59 Å². The monoisotopic (exact) mass is 358 g/mol. The Balaban J connectivity index is 2.78. The van der Waals surface area contributed by atoms with E-state index in [0.29, 0.717) is 12.0 Å². The summed E-state index contributed by atoms with van der Waals surface area (Å²) < 4.78 is 43.1. The molecule has 0 saturated heterocycles. The maximum Gasteiger partial charge on any atom is 0.416 e. The minimum absolute atomic E-state index is 0.0570. The molecular weight excluding hydrogens is 333 g/mol. The number of ether oxygens (including phenoxy) is 1. The second-order valence-electron chi connectivity index (χ2n) is 7.60. The third-order valence-electron chi connectivity index (χ3n) is 3.74. The first-order valence-corrected chi connectivity index (χ1v) is 8.16. The van der Waals surface area contributed by atoms with E-state index in [1.165, 1.54) is 19.1 Å². The number of hydrogen-bond acceptors (Lipinski definition) is 3. The number of benzene rings is 1. The molecular formula is C19H25F3O3. The molecule has 6 heteroatoms. The van der Waals surface area contributed by atoms with Crippen LogP contribution in [0.15, 0.2) is 24.3 Å². The predicted octanol–water partition coefficient (Wildman–Crippen LogP) is 4.82. The van der Waals surface area contributed by atoms with Crippen LogP contribution in [-0.2, 0) is 26.9 Å². The van der Waals surface area contributed by atoms with E-state index in [-0.39, 0.29) is 23.5 Å². The Morgan fingerprint density at radius 3 is 2.00 bits per heavy atom. The zero-order valence-electron chi connectivity index (χ0n) is 15.2. The lowest BCUT2D eigenvalue weighted by molar-refractivity contribution is -0.158. The molecule has 25 heavy (non-hydrogen) atoms. The fraction of sp³-hybridized carbons (Fsp3) is 0.579. The summed E-state index contributed by atoms with van der Waals surface area (Å²) in [5, 5.41) is 0. The van der Waals surface area contributed by atoms with Gasteiger partial charge in [-0.2, -0.15) is 13.2 Å². The molecule has 0 aliphatic rings. The zero-order valence-corrected chi connectivity index (χ0v) is 15.2. The summed E-state index contributed by atoms with van der Waals surface area (Å²) in [5.41, 5.74) is -0.312. The predicted molar refractivity (Wildman–Crippen MR) is 88.9 cm³/mol. The van der Waals surface area contributed by atoms with Crippen molar-refractivity contribution in [3.05, 3.63) is 35.4 Å². The van der Waals surface area contributed by atoms with E-state index >= 15 is 0 Å². The van der Waals surface area contributed by atoms with Gasteiger partial charge in [0.05, 0.1) is 11.5 Å². The van der Waals surface area contributed by atoms with Gasteiger partial charge in [-0.05, 0) is 36.5 Å². The molecule has 0 saturated carbocycles. The number of esters is 1. The quantitative estimate of drug-likeness (QED) is 0.685. The average molecular weight is 358 g/mol. The molecule has 0 spiro atoms. The average Bonchev–Trinajstić information content (AvgIpc) is 2.44. The molecule has 140 valence electrons. The van der Waals surface area contributed by atoms with Gasteiger partial charge in [0.25, 0.3) is 0 Å². The fourth-order valence-electron chi connectivity index (χ4n) is 2.57. The first-order chi connectivity index (χ1) is 11.3. The van der Waals surface area contributed by atoms with E-state index in [1.807, 2.05) is 20.8 Å². The van der Waals surface area contributed by atoms with Crippen LogP contribution in [0, 0.1) is 11.3 Å². The van der Waals surface area contributed by atoms with Gasteiger partial charge in [-0.25, -0.2) is 0 Å². The Morgan fingerprint density at radius 1 is 1.08 bits per heavy atom. The summed E-state index contributed by atoms with van der Waals surface area (Å²) >= 11 is 0. The van der Waals surface area contributed by atoms with Crippen molar-refractivity contribution in [2.45, 2.75) is 59.7 Å². The summed E-state index contributed by atoms with van der Waals surface area (Å²) in [6.07, 6.45) is -4.74. The number of carbonyl (C=O) groups is 2. The molecule has 1 aromatic rings. The van der Waals surface area contributed by atoms with Crippen LogP contribution >= 0.6 is 0 Å². The van der Waals surface area contributed by atoms with Crippen molar-refractivity contribution >= 4 is 11.8 Å². The first kappa shape index (κ1) is 21.2. The van der Waals surface area contributed by atoms with Gasteiger partial charge in [-0.15, -0.1) is 0 Å². The lowest BCUT2D eigenvalue weighted by Gasteiger charge is -2.24. The lowest BCUT2D eigenvalue weighted by atomic mass is 9.85. The minimum Gasteiger partial charge on any atom is -0.454 e. The smallest absolute Gasteiger partial charge is 0.416 e. The van der Waals surface area contributed by atoms with Crippen LogP contribution in [0.3, 0.4) is 0 Å². The molecule has 0 amide bonds. The highest BCUT2D eigenvalue weighted by Gasteiger charge is 2.30. The van der Waals surface area contributed by atoms with Crippen LogP contribution in [0.1, 0.15) is 52.2 Å². The van der Waals surface area contributed by atoms with Crippen molar-refractivity contribution in [3.8, 4) is 0 Å². The summed E-state index contributed by atoms with van der Waals surface area (Å²) in [7, 11) is 0. The minimum atomic E-state index is -4.41. The second kappa shape index (κ2) is 8.02. The van der Waals surface area contributed by atoms with Crippen LogP contribution in [0.4, 0.5) is 13.2 Å². The van der Waals surface area contributed by atoms with Gasteiger partial charge >= 0.3 is 12.1 Å². The number of carbonyl (C=O) groups excluding carboxylic acids is 2.